The van der Waals surface area contributed by atoms with E-state index in [1.807, 2.05) is 6.07 Å². The second-order valence-corrected chi connectivity index (χ2v) is 6.54. The number of pyridine rings is 1. The van der Waals surface area contributed by atoms with E-state index in [0.717, 1.165) is 22.3 Å². The standard InChI is InChI=1S/C17H17ClN2/c1-17(2,3)13-6-4-11(5-7-13)15-9-12-8-14(18)10-19-16(12)20-15/h4-10H,1-3H3,(H,19,20). The Morgan fingerprint density at radius 2 is 1.75 bits per heavy atom. The van der Waals surface area contributed by atoms with E-state index in [1.54, 1.807) is 6.20 Å². The largest absolute Gasteiger partial charge is 0.339 e. The van der Waals surface area contributed by atoms with Gasteiger partial charge in [-0.25, -0.2) is 4.98 Å². The van der Waals surface area contributed by atoms with E-state index in [4.69, 9.17) is 11.6 Å². The van der Waals surface area contributed by atoms with Crippen LogP contribution in [0.5, 0.6) is 0 Å². The van der Waals surface area contributed by atoms with Crippen LogP contribution in [0.15, 0.2) is 42.6 Å². The molecule has 102 valence electrons. The Morgan fingerprint density at radius 3 is 2.40 bits per heavy atom. The molecule has 0 aliphatic carbocycles. The van der Waals surface area contributed by atoms with Gasteiger partial charge in [0.05, 0.1) is 5.02 Å². The van der Waals surface area contributed by atoms with Crippen LogP contribution < -0.4 is 0 Å². The van der Waals surface area contributed by atoms with Crippen LogP contribution in [-0.4, -0.2) is 9.97 Å². The van der Waals surface area contributed by atoms with Crippen molar-refractivity contribution in [1.29, 1.82) is 0 Å². The number of aromatic amines is 1. The normalized spacial score (nSPS) is 12.0. The van der Waals surface area contributed by atoms with Crippen molar-refractivity contribution >= 4 is 22.6 Å². The summed E-state index contributed by atoms with van der Waals surface area (Å²) in [6.45, 7) is 6.66. The van der Waals surface area contributed by atoms with E-state index in [0.29, 0.717) is 5.02 Å². The maximum absolute atomic E-state index is 5.97. The molecular weight excluding hydrogens is 268 g/mol. The lowest BCUT2D eigenvalue weighted by Gasteiger charge is -2.18. The number of benzene rings is 1. The molecule has 0 aliphatic heterocycles. The topological polar surface area (TPSA) is 28.7 Å². The summed E-state index contributed by atoms with van der Waals surface area (Å²) in [4.78, 5) is 7.62. The lowest BCUT2D eigenvalue weighted by atomic mass is 9.86. The lowest BCUT2D eigenvalue weighted by Crippen LogP contribution is -2.10. The van der Waals surface area contributed by atoms with Crippen molar-refractivity contribution in [1.82, 2.24) is 9.97 Å². The highest BCUT2D eigenvalue weighted by atomic mass is 35.5. The molecule has 0 saturated heterocycles. The smallest absolute Gasteiger partial charge is 0.137 e. The molecule has 2 aromatic heterocycles. The van der Waals surface area contributed by atoms with Crippen LogP contribution in [0, 0.1) is 0 Å². The van der Waals surface area contributed by atoms with Crippen LogP contribution in [0.2, 0.25) is 5.02 Å². The van der Waals surface area contributed by atoms with Gasteiger partial charge in [0.1, 0.15) is 5.65 Å². The van der Waals surface area contributed by atoms with E-state index in [9.17, 15) is 0 Å². The summed E-state index contributed by atoms with van der Waals surface area (Å²) in [5, 5.41) is 1.69. The Kier molecular flexibility index (Phi) is 3.06. The van der Waals surface area contributed by atoms with Crippen LogP contribution in [0.1, 0.15) is 26.3 Å². The zero-order chi connectivity index (χ0) is 14.3. The summed E-state index contributed by atoms with van der Waals surface area (Å²) in [5.74, 6) is 0. The number of aromatic nitrogens is 2. The molecule has 1 aromatic carbocycles. The minimum absolute atomic E-state index is 0.175. The molecule has 0 radical (unpaired) electrons. The average molecular weight is 285 g/mol. The minimum Gasteiger partial charge on any atom is -0.339 e. The minimum atomic E-state index is 0.175. The number of halogens is 1. The Morgan fingerprint density at radius 1 is 1.05 bits per heavy atom. The van der Waals surface area contributed by atoms with E-state index in [-0.39, 0.29) is 5.41 Å². The Balaban J connectivity index is 2.02. The first kappa shape index (κ1) is 13.2. The molecule has 3 aromatic rings. The highest BCUT2D eigenvalue weighted by Gasteiger charge is 2.13. The fraction of sp³-hybridized carbons (Fsp3) is 0.235. The molecule has 2 heterocycles. The fourth-order valence-corrected chi connectivity index (χ4v) is 2.46. The van der Waals surface area contributed by atoms with Crippen LogP contribution >= 0.6 is 11.6 Å². The zero-order valence-electron chi connectivity index (χ0n) is 11.9. The highest BCUT2D eigenvalue weighted by molar-refractivity contribution is 6.31. The molecule has 3 rings (SSSR count). The second-order valence-electron chi connectivity index (χ2n) is 6.10. The van der Waals surface area contributed by atoms with Crippen LogP contribution in [-0.2, 0) is 5.41 Å². The number of nitrogens with one attached hydrogen (secondary N) is 1. The first-order valence-electron chi connectivity index (χ1n) is 6.69. The van der Waals surface area contributed by atoms with Crippen molar-refractivity contribution in [2.75, 3.05) is 0 Å². The van der Waals surface area contributed by atoms with Gasteiger partial charge in [-0.15, -0.1) is 0 Å². The van der Waals surface area contributed by atoms with E-state index < -0.39 is 0 Å². The van der Waals surface area contributed by atoms with Crippen molar-refractivity contribution < 1.29 is 0 Å². The van der Waals surface area contributed by atoms with Crippen molar-refractivity contribution in [3.05, 3.63) is 53.2 Å². The molecule has 0 fully saturated rings. The number of H-pyrrole nitrogens is 1. The summed E-state index contributed by atoms with van der Waals surface area (Å²) in [6.07, 6.45) is 1.66. The molecule has 0 spiro atoms. The summed E-state index contributed by atoms with van der Waals surface area (Å²) in [7, 11) is 0. The van der Waals surface area contributed by atoms with E-state index in [1.165, 1.54) is 5.56 Å². The monoisotopic (exact) mass is 284 g/mol. The molecule has 3 heteroatoms. The first-order chi connectivity index (χ1) is 9.43. The van der Waals surface area contributed by atoms with Gasteiger partial charge < -0.3 is 4.98 Å². The highest BCUT2D eigenvalue weighted by Crippen LogP contribution is 2.28. The molecule has 0 bridgehead atoms. The van der Waals surface area contributed by atoms with Gasteiger partial charge in [0.25, 0.3) is 0 Å². The molecule has 0 amide bonds. The van der Waals surface area contributed by atoms with Gasteiger partial charge in [-0.05, 0) is 28.7 Å². The number of hydrogen-bond acceptors (Lipinski definition) is 1. The Labute approximate surface area is 123 Å². The van der Waals surface area contributed by atoms with E-state index in [2.05, 4.69) is 61.1 Å². The summed E-state index contributed by atoms with van der Waals surface area (Å²) < 4.78 is 0. The summed E-state index contributed by atoms with van der Waals surface area (Å²) in [5.41, 5.74) is 4.60. The summed E-state index contributed by atoms with van der Waals surface area (Å²) >= 11 is 5.97. The number of fused-ring (bicyclic) bond motifs is 1. The van der Waals surface area contributed by atoms with Gasteiger partial charge in [0.15, 0.2) is 0 Å². The molecule has 0 aliphatic rings. The van der Waals surface area contributed by atoms with Crippen LogP contribution in [0.4, 0.5) is 0 Å². The van der Waals surface area contributed by atoms with Gasteiger partial charge in [-0.3, -0.25) is 0 Å². The molecule has 0 saturated carbocycles. The third kappa shape index (κ3) is 2.44. The lowest BCUT2D eigenvalue weighted by molar-refractivity contribution is 0.590. The van der Waals surface area contributed by atoms with Crippen molar-refractivity contribution in [3.8, 4) is 11.3 Å². The van der Waals surface area contributed by atoms with Gasteiger partial charge in [0.2, 0.25) is 0 Å². The maximum atomic E-state index is 5.97. The molecular formula is C17H17ClN2. The van der Waals surface area contributed by atoms with Gasteiger partial charge >= 0.3 is 0 Å². The van der Waals surface area contributed by atoms with Crippen molar-refractivity contribution in [2.45, 2.75) is 26.2 Å². The molecule has 20 heavy (non-hydrogen) atoms. The molecule has 1 N–H and O–H groups in total. The average Bonchev–Trinajstić information content (AvgIpc) is 2.80. The fourth-order valence-electron chi connectivity index (χ4n) is 2.29. The predicted octanol–water partition coefficient (Wildman–Crippen LogP) is 5.18. The molecule has 2 nitrogen and oxygen atoms in total. The second kappa shape index (κ2) is 4.64. The van der Waals surface area contributed by atoms with Crippen molar-refractivity contribution in [2.24, 2.45) is 0 Å². The number of rotatable bonds is 1. The van der Waals surface area contributed by atoms with Gasteiger partial charge in [-0.2, -0.15) is 0 Å². The molecule has 0 atom stereocenters. The SMILES string of the molecule is CC(C)(C)c1ccc(-c2cc3cc(Cl)cnc3[nH]2)cc1. The van der Waals surface area contributed by atoms with Crippen LogP contribution in [0.25, 0.3) is 22.3 Å². The number of hydrogen-bond donors (Lipinski definition) is 1. The first-order valence-corrected chi connectivity index (χ1v) is 7.06. The predicted molar refractivity (Wildman–Crippen MR) is 85.2 cm³/mol. The molecule has 0 unspecified atom stereocenters. The van der Waals surface area contributed by atoms with Crippen molar-refractivity contribution in [3.63, 3.8) is 0 Å². The van der Waals surface area contributed by atoms with Gasteiger partial charge in [0, 0.05) is 17.3 Å². The van der Waals surface area contributed by atoms with Gasteiger partial charge in [-0.1, -0.05) is 56.6 Å². The number of nitrogens with zero attached hydrogens (tertiary/aromatic N) is 1. The quantitative estimate of drug-likeness (QED) is 0.655. The Bertz CT molecular complexity index is 749. The Hall–Kier alpha value is -1.80. The summed E-state index contributed by atoms with van der Waals surface area (Å²) in [6, 6.07) is 12.7. The maximum Gasteiger partial charge on any atom is 0.137 e. The van der Waals surface area contributed by atoms with E-state index >= 15 is 0 Å². The zero-order valence-corrected chi connectivity index (χ0v) is 12.6. The third-order valence-corrected chi connectivity index (χ3v) is 3.71. The third-order valence-electron chi connectivity index (χ3n) is 3.50. The van der Waals surface area contributed by atoms with Crippen LogP contribution in [0.3, 0.4) is 0 Å².